The normalized spacial score (nSPS) is 30.8. The van der Waals surface area contributed by atoms with Crippen molar-refractivity contribution >= 4 is 0 Å². The van der Waals surface area contributed by atoms with Gasteiger partial charge < -0.3 is 5.32 Å². The molecule has 0 aliphatic heterocycles. The second-order valence-corrected chi connectivity index (χ2v) is 7.35. The van der Waals surface area contributed by atoms with E-state index in [2.05, 4.69) is 37.9 Å². The van der Waals surface area contributed by atoms with Gasteiger partial charge in [0.2, 0.25) is 0 Å². The second-order valence-electron chi connectivity index (χ2n) is 7.35. The Labute approximate surface area is 120 Å². The smallest absolute Gasteiger partial charge is 0.0274 e. The monoisotopic (exact) mass is 266 g/mol. The van der Waals surface area contributed by atoms with Gasteiger partial charge in [-0.1, -0.05) is 34.1 Å². The Hall–Kier alpha value is -0.0800. The average Bonchev–Trinajstić information content (AvgIpc) is 3.18. The van der Waals surface area contributed by atoms with Gasteiger partial charge in [-0.25, -0.2) is 0 Å². The van der Waals surface area contributed by atoms with E-state index in [4.69, 9.17) is 0 Å². The minimum absolute atomic E-state index is 0.457. The van der Waals surface area contributed by atoms with E-state index in [0.29, 0.717) is 11.5 Å². The molecule has 19 heavy (non-hydrogen) atoms. The lowest BCUT2D eigenvalue weighted by atomic mass is 9.70. The molecule has 2 unspecified atom stereocenters. The van der Waals surface area contributed by atoms with Crippen molar-refractivity contribution in [2.24, 2.45) is 5.41 Å². The van der Waals surface area contributed by atoms with E-state index >= 15 is 0 Å². The molecular weight excluding hydrogens is 232 g/mol. The fourth-order valence-corrected chi connectivity index (χ4v) is 3.96. The summed E-state index contributed by atoms with van der Waals surface area (Å²) in [5.74, 6) is 0. The molecule has 0 heterocycles. The quantitative estimate of drug-likeness (QED) is 0.754. The number of hydrogen-bond acceptors (Lipinski definition) is 2. The second kappa shape index (κ2) is 6.58. The zero-order valence-electron chi connectivity index (χ0n) is 13.5. The van der Waals surface area contributed by atoms with Crippen molar-refractivity contribution in [3.8, 4) is 0 Å². The molecule has 0 bridgehead atoms. The summed E-state index contributed by atoms with van der Waals surface area (Å²) in [4.78, 5) is 2.86. The maximum Gasteiger partial charge on any atom is 0.0274 e. The first-order valence-corrected chi connectivity index (χ1v) is 8.59. The van der Waals surface area contributed by atoms with Gasteiger partial charge in [0.25, 0.3) is 0 Å². The van der Waals surface area contributed by atoms with E-state index in [1.807, 2.05) is 0 Å². The van der Waals surface area contributed by atoms with Crippen LogP contribution in [0.15, 0.2) is 0 Å². The molecule has 112 valence electrons. The topological polar surface area (TPSA) is 15.3 Å². The summed E-state index contributed by atoms with van der Waals surface area (Å²) in [6.45, 7) is 12.0. The highest BCUT2D eigenvalue weighted by atomic mass is 15.2. The van der Waals surface area contributed by atoms with E-state index in [0.717, 1.165) is 12.1 Å². The van der Waals surface area contributed by atoms with Crippen LogP contribution in [0.25, 0.3) is 0 Å². The van der Waals surface area contributed by atoms with Crippen LogP contribution in [-0.4, -0.2) is 36.1 Å². The minimum atomic E-state index is 0.457. The lowest BCUT2D eigenvalue weighted by Gasteiger charge is -2.49. The summed E-state index contributed by atoms with van der Waals surface area (Å²) in [7, 11) is 0. The third-order valence-corrected chi connectivity index (χ3v) is 5.09. The van der Waals surface area contributed by atoms with E-state index in [1.165, 1.54) is 58.0 Å². The lowest BCUT2D eigenvalue weighted by Crippen LogP contribution is -2.59. The maximum atomic E-state index is 3.89. The minimum Gasteiger partial charge on any atom is -0.312 e. The third kappa shape index (κ3) is 3.72. The molecule has 2 rings (SSSR count). The van der Waals surface area contributed by atoms with Crippen LogP contribution in [-0.2, 0) is 0 Å². The van der Waals surface area contributed by atoms with Crippen LogP contribution >= 0.6 is 0 Å². The molecule has 2 fully saturated rings. The van der Waals surface area contributed by atoms with E-state index in [-0.39, 0.29) is 0 Å². The number of nitrogens with one attached hydrogen (secondary N) is 1. The van der Waals surface area contributed by atoms with Crippen molar-refractivity contribution in [3.05, 3.63) is 0 Å². The van der Waals surface area contributed by atoms with Crippen LogP contribution in [0.5, 0.6) is 0 Å². The van der Waals surface area contributed by atoms with Crippen molar-refractivity contribution in [3.63, 3.8) is 0 Å². The van der Waals surface area contributed by atoms with Crippen molar-refractivity contribution < 1.29 is 0 Å². The molecule has 2 aliphatic rings. The first-order valence-electron chi connectivity index (χ1n) is 8.59. The van der Waals surface area contributed by atoms with Crippen molar-refractivity contribution in [1.82, 2.24) is 10.2 Å². The predicted octanol–water partition coefficient (Wildman–Crippen LogP) is 3.81. The highest BCUT2D eigenvalue weighted by Crippen LogP contribution is 2.41. The molecule has 0 amide bonds. The maximum absolute atomic E-state index is 3.89. The standard InChI is InChI=1S/C17H34N2/c1-5-12-18-16-15(8-7-11-17(16,3)4)19(13-6-2)14-9-10-14/h14-16,18H,5-13H2,1-4H3. The van der Waals surface area contributed by atoms with Gasteiger partial charge in [-0.2, -0.15) is 0 Å². The summed E-state index contributed by atoms with van der Waals surface area (Å²) in [5.41, 5.74) is 0.457. The molecular formula is C17H34N2. The highest BCUT2D eigenvalue weighted by molar-refractivity contribution is 5.01. The highest BCUT2D eigenvalue weighted by Gasteiger charge is 2.44. The Balaban J connectivity index is 2.08. The van der Waals surface area contributed by atoms with Crippen LogP contribution in [0.2, 0.25) is 0 Å². The third-order valence-electron chi connectivity index (χ3n) is 5.09. The molecule has 0 saturated heterocycles. The molecule has 0 aromatic carbocycles. The van der Waals surface area contributed by atoms with Gasteiger partial charge in [0.15, 0.2) is 0 Å². The molecule has 0 spiro atoms. The van der Waals surface area contributed by atoms with Crippen LogP contribution in [0, 0.1) is 5.41 Å². The van der Waals surface area contributed by atoms with Gasteiger partial charge in [-0.05, 0) is 57.0 Å². The van der Waals surface area contributed by atoms with Crippen LogP contribution in [0.3, 0.4) is 0 Å². The van der Waals surface area contributed by atoms with Crippen LogP contribution in [0.4, 0.5) is 0 Å². The molecule has 0 aromatic rings. The Morgan fingerprint density at radius 1 is 1.11 bits per heavy atom. The van der Waals surface area contributed by atoms with Gasteiger partial charge in [0.05, 0.1) is 0 Å². The van der Waals surface area contributed by atoms with Gasteiger partial charge in [-0.3, -0.25) is 4.90 Å². The molecule has 2 heteroatoms. The molecule has 2 atom stereocenters. The molecule has 2 aliphatic carbocycles. The fraction of sp³-hybridized carbons (Fsp3) is 1.00. The summed E-state index contributed by atoms with van der Waals surface area (Å²) >= 11 is 0. The summed E-state index contributed by atoms with van der Waals surface area (Å²) < 4.78 is 0. The van der Waals surface area contributed by atoms with Gasteiger partial charge in [0, 0.05) is 18.1 Å². The first kappa shape index (κ1) is 15.3. The van der Waals surface area contributed by atoms with E-state index in [1.54, 1.807) is 0 Å². The molecule has 0 radical (unpaired) electrons. The number of rotatable bonds is 7. The van der Waals surface area contributed by atoms with E-state index < -0.39 is 0 Å². The fourth-order valence-electron chi connectivity index (χ4n) is 3.96. The van der Waals surface area contributed by atoms with Crippen molar-refractivity contribution in [1.29, 1.82) is 0 Å². The summed E-state index contributed by atoms with van der Waals surface area (Å²) in [6.07, 6.45) is 9.63. The first-order chi connectivity index (χ1) is 9.10. The number of nitrogens with zero attached hydrogens (tertiary/aromatic N) is 1. The lowest BCUT2D eigenvalue weighted by molar-refractivity contribution is 0.0433. The zero-order chi connectivity index (χ0) is 13.9. The Kier molecular flexibility index (Phi) is 5.30. The largest absolute Gasteiger partial charge is 0.312 e. The molecule has 2 saturated carbocycles. The molecule has 2 nitrogen and oxygen atoms in total. The zero-order valence-corrected chi connectivity index (χ0v) is 13.5. The van der Waals surface area contributed by atoms with E-state index in [9.17, 15) is 0 Å². The van der Waals surface area contributed by atoms with Gasteiger partial charge in [-0.15, -0.1) is 0 Å². The average molecular weight is 266 g/mol. The Morgan fingerprint density at radius 3 is 2.42 bits per heavy atom. The molecule has 0 aromatic heterocycles. The number of hydrogen-bond donors (Lipinski definition) is 1. The SMILES string of the molecule is CCCNC1C(N(CCC)C2CC2)CCCC1(C)C. The van der Waals surface area contributed by atoms with Crippen molar-refractivity contribution in [2.45, 2.75) is 90.8 Å². The summed E-state index contributed by atoms with van der Waals surface area (Å²) in [5, 5.41) is 3.89. The molecule has 1 N–H and O–H groups in total. The van der Waals surface area contributed by atoms with Crippen molar-refractivity contribution in [2.75, 3.05) is 13.1 Å². The van der Waals surface area contributed by atoms with Gasteiger partial charge >= 0.3 is 0 Å². The van der Waals surface area contributed by atoms with Crippen LogP contribution < -0.4 is 5.32 Å². The predicted molar refractivity (Wildman–Crippen MR) is 83.5 cm³/mol. The van der Waals surface area contributed by atoms with Gasteiger partial charge in [0.1, 0.15) is 0 Å². The Morgan fingerprint density at radius 2 is 1.84 bits per heavy atom. The summed E-state index contributed by atoms with van der Waals surface area (Å²) in [6, 6.07) is 2.38. The Bertz CT molecular complexity index is 270. The van der Waals surface area contributed by atoms with Crippen LogP contribution in [0.1, 0.15) is 72.6 Å².